The number of nitrogens with two attached hydrogens (primary N) is 1. The van der Waals surface area contributed by atoms with Crippen LogP contribution in [0, 0.1) is 12.7 Å². The fraction of sp³-hybridized carbons (Fsp3) is 0.462. The smallest absolute Gasteiger partial charge is 0.308 e. The highest BCUT2D eigenvalue weighted by atomic mass is 19.1. The molecule has 202 valence electrons. The maximum absolute atomic E-state index is 12.1. The van der Waals surface area contributed by atoms with Crippen LogP contribution in [0.3, 0.4) is 0 Å². The molecule has 0 aliphatic rings. The van der Waals surface area contributed by atoms with Crippen LogP contribution >= 0.6 is 0 Å². The summed E-state index contributed by atoms with van der Waals surface area (Å²) in [4.78, 5) is 36.4. The Balaban J connectivity index is 0. The van der Waals surface area contributed by atoms with Gasteiger partial charge in [0.25, 0.3) is 5.91 Å². The van der Waals surface area contributed by atoms with Crippen molar-refractivity contribution < 1.29 is 39.1 Å². The number of esters is 2. The first-order chi connectivity index (χ1) is 16.8. The van der Waals surface area contributed by atoms with Crippen molar-refractivity contribution in [2.45, 2.75) is 66.1 Å². The van der Waals surface area contributed by atoms with Crippen LogP contribution < -0.4 is 15.2 Å². The Bertz CT molecular complexity index is 964. The Labute approximate surface area is 213 Å². The number of rotatable bonds is 8. The minimum atomic E-state index is -0.787. The lowest BCUT2D eigenvalue weighted by Crippen LogP contribution is -2.29. The molecule has 0 saturated heterocycles. The van der Waals surface area contributed by atoms with Crippen molar-refractivity contribution >= 4 is 17.8 Å². The molecule has 0 spiro atoms. The molecule has 2 N–H and O–H groups in total. The fourth-order valence-electron chi connectivity index (χ4n) is 2.67. The fourth-order valence-corrected chi connectivity index (χ4v) is 2.67. The molecule has 1 atom stereocenters. The van der Waals surface area contributed by atoms with Crippen LogP contribution in [-0.2, 0) is 19.1 Å². The molecule has 0 bridgehead atoms. The van der Waals surface area contributed by atoms with Gasteiger partial charge in [-0.25, -0.2) is 9.37 Å². The van der Waals surface area contributed by atoms with Gasteiger partial charge in [-0.05, 0) is 39.8 Å². The monoisotopic (exact) mass is 510 g/mol. The molecule has 0 aliphatic heterocycles. The summed E-state index contributed by atoms with van der Waals surface area (Å²) in [6.07, 6.45) is 2.40. The van der Waals surface area contributed by atoms with Gasteiger partial charge in [-0.2, -0.15) is 0 Å². The van der Waals surface area contributed by atoms with Crippen molar-refractivity contribution in [3.63, 3.8) is 0 Å². The van der Waals surface area contributed by atoms with Crippen molar-refractivity contribution in [1.29, 1.82) is 0 Å². The van der Waals surface area contributed by atoms with Gasteiger partial charge in [0.15, 0.2) is 11.4 Å². The third-order valence-electron chi connectivity index (χ3n) is 4.53. The lowest BCUT2D eigenvalue weighted by molar-refractivity contribution is -0.150. The lowest BCUT2D eigenvalue weighted by Gasteiger charge is -2.26. The summed E-state index contributed by atoms with van der Waals surface area (Å²) in [6.45, 7) is 10.8. The summed E-state index contributed by atoms with van der Waals surface area (Å²) in [5.41, 5.74) is 5.79. The molecule has 0 unspecified atom stereocenters. The molecule has 0 aliphatic carbocycles. The zero-order chi connectivity index (χ0) is 27.9. The van der Waals surface area contributed by atoms with Crippen LogP contribution in [0.5, 0.6) is 11.5 Å². The molecule has 0 saturated carbocycles. The van der Waals surface area contributed by atoms with E-state index in [0.717, 1.165) is 12.0 Å². The van der Waals surface area contributed by atoms with Crippen molar-refractivity contribution in [3.05, 3.63) is 53.6 Å². The Morgan fingerprint density at radius 1 is 1.14 bits per heavy atom. The lowest BCUT2D eigenvalue weighted by atomic mass is 10.0. The highest BCUT2D eigenvalue weighted by Crippen LogP contribution is 2.29. The molecular formula is C26H39FN2O7. The summed E-state index contributed by atoms with van der Waals surface area (Å²) in [5.74, 6) is -1.52. The SMILES string of the molecule is CCC(=O)O[C@@H](C)CC(C)(C)OC.COc1ccnc(C(N)=O)c1OC(C)=O.Cc1ccc(F)cc1.[HH]. The number of hydrogen-bond acceptors (Lipinski definition) is 8. The van der Waals surface area contributed by atoms with Gasteiger partial charge in [0.05, 0.1) is 12.7 Å². The summed E-state index contributed by atoms with van der Waals surface area (Å²) in [5, 5.41) is 0. The molecule has 1 aromatic carbocycles. The number of hydrogen-bond donors (Lipinski definition) is 1. The largest absolute Gasteiger partial charge is 0.493 e. The molecule has 2 aromatic rings. The van der Waals surface area contributed by atoms with Crippen molar-refractivity contribution in [2.24, 2.45) is 5.73 Å². The number of halogens is 1. The molecule has 1 amide bonds. The Hall–Kier alpha value is -3.53. The van der Waals surface area contributed by atoms with E-state index in [0.29, 0.717) is 6.42 Å². The van der Waals surface area contributed by atoms with E-state index in [1.54, 1.807) is 26.2 Å². The molecule has 9 nitrogen and oxygen atoms in total. The third kappa shape index (κ3) is 13.4. The van der Waals surface area contributed by atoms with Gasteiger partial charge in [-0.15, -0.1) is 0 Å². The van der Waals surface area contributed by atoms with E-state index < -0.39 is 11.9 Å². The van der Waals surface area contributed by atoms with Crippen LogP contribution in [0.15, 0.2) is 36.5 Å². The van der Waals surface area contributed by atoms with Gasteiger partial charge in [0.1, 0.15) is 11.9 Å². The maximum Gasteiger partial charge on any atom is 0.308 e. The average molecular weight is 511 g/mol. The number of amides is 1. The Morgan fingerprint density at radius 3 is 2.14 bits per heavy atom. The zero-order valence-corrected chi connectivity index (χ0v) is 22.2. The first-order valence-electron chi connectivity index (χ1n) is 11.2. The van der Waals surface area contributed by atoms with E-state index in [1.165, 1.54) is 38.4 Å². The predicted octanol–water partition coefficient (Wildman–Crippen LogP) is 4.64. The van der Waals surface area contributed by atoms with E-state index in [9.17, 15) is 18.8 Å². The standard InChI is InChI=1S/C10H20O3.C9H10N2O4.C7H7F.H2/c1-6-9(11)13-8(2)7-10(3,4)12-5;1-5(12)15-8-6(14-2)3-4-11-7(8)9(10)13;1-6-2-4-7(8)5-3-6;/h8H,6-7H2,1-5H3;3-4H,1-2H3,(H2,10,13);2-5H,1H3;1H/t8-;;;/m0.../s1. The highest BCUT2D eigenvalue weighted by molar-refractivity contribution is 5.95. The normalized spacial score (nSPS) is 11.0. The van der Waals surface area contributed by atoms with Gasteiger partial charge in [-0.3, -0.25) is 14.4 Å². The van der Waals surface area contributed by atoms with Crippen LogP contribution in [-0.4, -0.2) is 48.8 Å². The summed E-state index contributed by atoms with van der Waals surface area (Å²) < 4.78 is 32.2. The summed E-state index contributed by atoms with van der Waals surface area (Å²) in [7, 11) is 3.04. The average Bonchev–Trinajstić information content (AvgIpc) is 2.81. The molecular weight excluding hydrogens is 471 g/mol. The van der Waals surface area contributed by atoms with Crippen LogP contribution in [0.4, 0.5) is 4.39 Å². The number of ether oxygens (including phenoxy) is 4. The van der Waals surface area contributed by atoms with Crippen LogP contribution in [0.2, 0.25) is 0 Å². The number of aromatic nitrogens is 1. The van der Waals surface area contributed by atoms with Crippen LogP contribution in [0.25, 0.3) is 0 Å². The number of methoxy groups -OCH3 is 2. The van der Waals surface area contributed by atoms with E-state index in [1.807, 2.05) is 27.7 Å². The quantitative estimate of drug-likeness (QED) is 0.509. The second kappa shape index (κ2) is 16.2. The highest BCUT2D eigenvalue weighted by Gasteiger charge is 2.22. The minimum absolute atomic E-state index is 0. The second-order valence-electron chi connectivity index (χ2n) is 8.27. The topological polar surface area (TPSA) is 127 Å². The zero-order valence-electron chi connectivity index (χ0n) is 22.2. The van der Waals surface area contributed by atoms with Gasteiger partial charge in [0, 0.05) is 40.6 Å². The van der Waals surface area contributed by atoms with E-state index >= 15 is 0 Å². The molecule has 1 heterocycles. The third-order valence-corrected chi connectivity index (χ3v) is 4.53. The number of benzene rings is 1. The number of primary amides is 1. The molecule has 0 fully saturated rings. The Kier molecular flexibility index (Phi) is 14.6. The van der Waals surface area contributed by atoms with Crippen LogP contribution in [0.1, 0.15) is 64.9 Å². The maximum atomic E-state index is 12.1. The minimum Gasteiger partial charge on any atom is -0.493 e. The van der Waals surface area contributed by atoms with Gasteiger partial charge in [0.2, 0.25) is 5.75 Å². The van der Waals surface area contributed by atoms with Crippen molar-refractivity contribution in [2.75, 3.05) is 14.2 Å². The number of carbonyl (C=O) groups excluding carboxylic acids is 3. The number of aryl methyl sites for hydroxylation is 1. The number of carbonyl (C=O) groups is 3. The summed E-state index contributed by atoms with van der Waals surface area (Å²) >= 11 is 0. The van der Waals surface area contributed by atoms with Crippen molar-refractivity contribution in [1.82, 2.24) is 4.98 Å². The van der Waals surface area contributed by atoms with Gasteiger partial charge < -0.3 is 24.7 Å². The first kappa shape index (κ1) is 32.5. The Morgan fingerprint density at radius 2 is 1.72 bits per heavy atom. The molecule has 10 heteroatoms. The predicted molar refractivity (Wildman–Crippen MR) is 135 cm³/mol. The van der Waals surface area contributed by atoms with E-state index in [4.69, 9.17) is 24.7 Å². The van der Waals surface area contributed by atoms with E-state index in [2.05, 4.69) is 4.98 Å². The van der Waals surface area contributed by atoms with E-state index in [-0.39, 0.29) is 42.1 Å². The second-order valence-corrected chi connectivity index (χ2v) is 8.27. The molecule has 0 radical (unpaired) electrons. The van der Waals surface area contributed by atoms with Gasteiger partial charge >= 0.3 is 11.9 Å². The molecule has 36 heavy (non-hydrogen) atoms. The first-order valence-corrected chi connectivity index (χ1v) is 11.2. The number of pyridine rings is 1. The summed E-state index contributed by atoms with van der Waals surface area (Å²) in [6, 6.07) is 7.86. The van der Waals surface area contributed by atoms with Gasteiger partial charge in [-0.1, -0.05) is 24.6 Å². The van der Waals surface area contributed by atoms with Crippen molar-refractivity contribution in [3.8, 4) is 11.5 Å². The number of nitrogens with zero attached hydrogens (tertiary/aromatic N) is 1. The molecule has 2 rings (SSSR count). The molecule has 1 aromatic heterocycles.